The molecule has 1 heterocycles. The van der Waals surface area contributed by atoms with E-state index in [1.165, 1.54) is 0 Å². The largest absolute Gasteiger partial charge is 0.481 e. The number of nitrogens with one attached hydrogen (secondary N) is 3. The van der Waals surface area contributed by atoms with Crippen LogP contribution in [0.25, 0.3) is 0 Å². The molecule has 1 saturated heterocycles. The van der Waals surface area contributed by atoms with E-state index in [0.717, 1.165) is 52.0 Å². The van der Waals surface area contributed by atoms with Crippen LogP contribution in [0.3, 0.4) is 0 Å². The van der Waals surface area contributed by atoms with Crippen molar-refractivity contribution < 1.29 is 14.7 Å². The highest BCUT2D eigenvalue weighted by molar-refractivity contribution is 5.74. The molecule has 1 aliphatic carbocycles. The second-order valence-electron chi connectivity index (χ2n) is 6.13. The van der Waals surface area contributed by atoms with Crippen LogP contribution < -0.4 is 16.0 Å². The third-order valence-corrected chi connectivity index (χ3v) is 4.49. The van der Waals surface area contributed by atoms with E-state index < -0.39 is 5.97 Å². The third kappa shape index (κ3) is 5.17. The monoisotopic (exact) mass is 298 g/mol. The summed E-state index contributed by atoms with van der Waals surface area (Å²) in [5.74, 6) is -0.782. The molecule has 0 spiro atoms. The van der Waals surface area contributed by atoms with Gasteiger partial charge in [0.1, 0.15) is 0 Å². The number of hydrogen-bond acceptors (Lipinski definition) is 4. The van der Waals surface area contributed by atoms with Crippen LogP contribution in [0.2, 0.25) is 0 Å². The molecule has 7 nitrogen and oxygen atoms in total. The molecule has 120 valence electrons. The van der Waals surface area contributed by atoms with Crippen LogP contribution in [0.1, 0.15) is 25.7 Å². The Hall–Kier alpha value is -1.34. The van der Waals surface area contributed by atoms with E-state index in [1.54, 1.807) is 0 Å². The maximum Gasteiger partial charge on any atom is 0.314 e. The van der Waals surface area contributed by atoms with E-state index >= 15 is 0 Å². The van der Waals surface area contributed by atoms with Crippen LogP contribution in [-0.2, 0) is 4.79 Å². The molecule has 0 unspecified atom stereocenters. The van der Waals surface area contributed by atoms with Crippen LogP contribution in [0, 0.1) is 5.41 Å². The van der Waals surface area contributed by atoms with Gasteiger partial charge >= 0.3 is 12.0 Å². The number of carboxylic acid groups (broad SMARTS) is 1. The number of carbonyl (C=O) groups is 2. The standard InChI is InChI=1S/C14H26N4O3/c19-12(20)10-14(2-1-3-14)11-17-13(21)16-6-9-18-7-4-15-5-8-18/h15H,1-11H2,(H,19,20)(H2,16,17,21). The minimum atomic E-state index is -0.782. The molecule has 0 aromatic rings. The molecule has 21 heavy (non-hydrogen) atoms. The molecule has 2 rings (SSSR count). The predicted octanol–water partition coefficient (Wildman–Crippen LogP) is -0.164. The second kappa shape index (κ2) is 7.61. The molecule has 0 atom stereocenters. The summed E-state index contributed by atoms with van der Waals surface area (Å²) in [5, 5.41) is 17.9. The van der Waals surface area contributed by atoms with Gasteiger partial charge in [-0.1, -0.05) is 6.42 Å². The number of hydrogen-bond donors (Lipinski definition) is 4. The van der Waals surface area contributed by atoms with Crippen molar-refractivity contribution >= 4 is 12.0 Å². The number of piperazine rings is 1. The molecule has 2 aliphatic rings. The zero-order chi connectivity index (χ0) is 15.1. The Bertz CT molecular complexity index is 365. The quantitative estimate of drug-likeness (QED) is 0.524. The molecule has 0 aromatic carbocycles. The summed E-state index contributed by atoms with van der Waals surface area (Å²) in [6.45, 7) is 5.98. The molecule has 2 amide bonds. The van der Waals surface area contributed by atoms with Gasteiger partial charge in [0.15, 0.2) is 0 Å². The van der Waals surface area contributed by atoms with Crippen molar-refractivity contribution in [3.8, 4) is 0 Å². The van der Waals surface area contributed by atoms with Crippen LogP contribution in [0.5, 0.6) is 0 Å². The number of carbonyl (C=O) groups excluding carboxylic acids is 1. The lowest BCUT2D eigenvalue weighted by Crippen LogP contribution is -2.49. The van der Waals surface area contributed by atoms with E-state index in [2.05, 4.69) is 20.9 Å². The predicted molar refractivity (Wildman–Crippen MR) is 79.2 cm³/mol. The first-order valence-corrected chi connectivity index (χ1v) is 7.76. The first-order chi connectivity index (χ1) is 10.1. The number of carboxylic acids is 1. The highest BCUT2D eigenvalue weighted by Crippen LogP contribution is 2.43. The lowest BCUT2D eigenvalue weighted by Gasteiger charge is -2.40. The molecular weight excluding hydrogens is 272 g/mol. The third-order valence-electron chi connectivity index (χ3n) is 4.49. The summed E-state index contributed by atoms with van der Waals surface area (Å²) in [5.41, 5.74) is -0.221. The fourth-order valence-electron chi connectivity index (χ4n) is 3.01. The molecule has 7 heteroatoms. The zero-order valence-corrected chi connectivity index (χ0v) is 12.5. The van der Waals surface area contributed by atoms with Crippen molar-refractivity contribution in [1.29, 1.82) is 0 Å². The first-order valence-electron chi connectivity index (χ1n) is 7.76. The minimum Gasteiger partial charge on any atom is -0.481 e. The van der Waals surface area contributed by atoms with Gasteiger partial charge in [-0.25, -0.2) is 4.79 Å². The normalized spacial score (nSPS) is 21.3. The van der Waals surface area contributed by atoms with Crippen molar-refractivity contribution in [2.75, 3.05) is 45.8 Å². The van der Waals surface area contributed by atoms with E-state index in [4.69, 9.17) is 5.11 Å². The summed E-state index contributed by atoms with van der Waals surface area (Å²) >= 11 is 0. The number of amides is 2. The highest BCUT2D eigenvalue weighted by Gasteiger charge is 2.39. The summed E-state index contributed by atoms with van der Waals surface area (Å²) in [7, 11) is 0. The second-order valence-corrected chi connectivity index (χ2v) is 6.13. The highest BCUT2D eigenvalue weighted by atomic mass is 16.4. The first kappa shape index (κ1) is 16.0. The van der Waals surface area contributed by atoms with E-state index in [1.807, 2.05) is 0 Å². The van der Waals surface area contributed by atoms with Crippen molar-refractivity contribution in [3.05, 3.63) is 0 Å². The van der Waals surface area contributed by atoms with Crippen molar-refractivity contribution in [1.82, 2.24) is 20.9 Å². The maximum absolute atomic E-state index is 11.8. The number of nitrogens with zero attached hydrogens (tertiary/aromatic N) is 1. The van der Waals surface area contributed by atoms with Crippen LogP contribution in [-0.4, -0.2) is 67.8 Å². The molecule has 2 fully saturated rings. The van der Waals surface area contributed by atoms with Gasteiger partial charge in [-0.05, 0) is 18.3 Å². The topological polar surface area (TPSA) is 93.7 Å². The van der Waals surface area contributed by atoms with Gasteiger partial charge in [0, 0.05) is 45.8 Å². The fourth-order valence-corrected chi connectivity index (χ4v) is 3.01. The Morgan fingerprint density at radius 3 is 2.48 bits per heavy atom. The molecule has 1 saturated carbocycles. The van der Waals surface area contributed by atoms with Gasteiger partial charge in [0.25, 0.3) is 0 Å². The molecule has 0 bridgehead atoms. The lowest BCUT2D eigenvalue weighted by atomic mass is 9.66. The summed E-state index contributed by atoms with van der Waals surface area (Å²) < 4.78 is 0. The summed E-state index contributed by atoms with van der Waals surface area (Å²) in [6.07, 6.45) is 2.98. The average molecular weight is 298 g/mol. The maximum atomic E-state index is 11.8. The van der Waals surface area contributed by atoms with Crippen LogP contribution in [0.4, 0.5) is 4.79 Å². The number of urea groups is 1. The van der Waals surface area contributed by atoms with Gasteiger partial charge in [0.05, 0.1) is 6.42 Å². The van der Waals surface area contributed by atoms with E-state index in [-0.39, 0.29) is 17.9 Å². The number of aliphatic carboxylic acids is 1. The van der Waals surface area contributed by atoms with Gasteiger partial charge in [0.2, 0.25) is 0 Å². The lowest BCUT2D eigenvalue weighted by molar-refractivity contribution is -0.141. The van der Waals surface area contributed by atoms with E-state index in [9.17, 15) is 9.59 Å². The molecule has 1 aliphatic heterocycles. The Labute approximate surface area is 125 Å². The van der Waals surface area contributed by atoms with E-state index in [0.29, 0.717) is 13.1 Å². The Morgan fingerprint density at radius 1 is 1.19 bits per heavy atom. The van der Waals surface area contributed by atoms with Crippen LogP contribution in [0.15, 0.2) is 0 Å². The van der Waals surface area contributed by atoms with Crippen LogP contribution >= 0.6 is 0 Å². The SMILES string of the molecule is O=C(O)CC1(CNC(=O)NCCN2CCNCC2)CCC1. The molecule has 0 radical (unpaired) electrons. The number of rotatable bonds is 7. The zero-order valence-electron chi connectivity index (χ0n) is 12.5. The molecular formula is C14H26N4O3. The van der Waals surface area contributed by atoms with Crippen molar-refractivity contribution in [2.45, 2.75) is 25.7 Å². The molecule has 4 N–H and O–H groups in total. The summed E-state index contributed by atoms with van der Waals surface area (Å²) in [4.78, 5) is 24.9. The molecule has 0 aromatic heterocycles. The Balaban J connectivity index is 1.59. The van der Waals surface area contributed by atoms with Crippen molar-refractivity contribution in [3.63, 3.8) is 0 Å². The average Bonchev–Trinajstić information content (AvgIpc) is 2.42. The van der Waals surface area contributed by atoms with Gasteiger partial charge in [-0.15, -0.1) is 0 Å². The van der Waals surface area contributed by atoms with Gasteiger partial charge < -0.3 is 21.1 Å². The minimum absolute atomic E-state index is 0.147. The Morgan fingerprint density at radius 2 is 1.90 bits per heavy atom. The van der Waals surface area contributed by atoms with Crippen molar-refractivity contribution in [2.24, 2.45) is 5.41 Å². The van der Waals surface area contributed by atoms with Gasteiger partial charge in [-0.3, -0.25) is 9.69 Å². The smallest absolute Gasteiger partial charge is 0.314 e. The summed E-state index contributed by atoms with van der Waals surface area (Å²) in [6, 6.07) is -0.193. The van der Waals surface area contributed by atoms with Gasteiger partial charge in [-0.2, -0.15) is 0 Å². The fraction of sp³-hybridized carbons (Fsp3) is 0.857. The Kier molecular flexibility index (Phi) is 5.81.